The molecule has 1 aliphatic carbocycles. The number of nitrogens with one attached hydrogen (secondary N) is 1. The van der Waals surface area contributed by atoms with E-state index in [4.69, 9.17) is 0 Å². The molecule has 2 aliphatic rings. The van der Waals surface area contributed by atoms with Crippen LogP contribution in [-0.4, -0.2) is 44.8 Å². The highest BCUT2D eigenvalue weighted by molar-refractivity contribution is 5.89. The number of hydrogen-bond donors (Lipinski definition) is 2. The number of aromatic nitrogens is 2. The summed E-state index contributed by atoms with van der Waals surface area (Å²) < 4.78 is 15.2. The molecule has 2 amide bonds. The smallest absolute Gasteiger partial charge is 0.321 e. The van der Waals surface area contributed by atoms with Crippen LogP contribution in [0.3, 0.4) is 0 Å². The Balaban J connectivity index is 1.29. The van der Waals surface area contributed by atoms with Crippen molar-refractivity contribution in [1.82, 2.24) is 14.5 Å². The molecular formula is C24H25FN4O2. The zero-order chi connectivity index (χ0) is 21.4. The lowest BCUT2D eigenvalue weighted by atomic mass is 9.77. The maximum Gasteiger partial charge on any atom is 0.321 e. The summed E-state index contributed by atoms with van der Waals surface area (Å²) in [6, 6.07) is 15.5. The van der Waals surface area contributed by atoms with E-state index < -0.39 is 6.10 Å². The molecule has 0 bridgehead atoms. The Hall–Kier alpha value is -3.19. The average molecular weight is 420 g/mol. The monoisotopic (exact) mass is 420 g/mol. The zero-order valence-electron chi connectivity index (χ0n) is 17.1. The highest BCUT2D eigenvalue weighted by atomic mass is 19.1. The predicted molar refractivity (Wildman–Crippen MR) is 116 cm³/mol. The predicted octanol–water partition coefficient (Wildman–Crippen LogP) is 4.17. The average Bonchev–Trinajstić information content (AvgIpc) is 3.42. The minimum absolute atomic E-state index is 0.0703. The van der Waals surface area contributed by atoms with Crippen LogP contribution in [0.2, 0.25) is 0 Å². The van der Waals surface area contributed by atoms with Crippen LogP contribution in [0.25, 0.3) is 11.4 Å². The molecule has 2 aromatic carbocycles. The number of anilines is 1. The molecule has 5 rings (SSSR count). The van der Waals surface area contributed by atoms with E-state index in [9.17, 15) is 14.3 Å². The second kappa shape index (κ2) is 8.15. The first kappa shape index (κ1) is 19.8. The van der Waals surface area contributed by atoms with Crippen LogP contribution in [0.5, 0.6) is 0 Å². The van der Waals surface area contributed by atoms with E-state index in [1.165, 1.54) is 12.1 Å². The number of aliphatic hydroxyl groups excluding tert-OH is 1. The Kier molecular flexibility index (Phi) is 5.19. The molecule has 1 saturated heterocycles. The molecular weight excluding hydrogens is 395 g/mol. The van der Waals surface area contributed by atoms with Crippen molar-refractivity contribution in [2.24, 2.45) is 11.8 Å². The van der Waals surface area contributed by atoms with Gasteiger partial charge in [0.15, 0.2) is 0 Å². The summed E-state index contributed by atoms with van der Waals surface area (Å²) in [7, 11) is 0. The number of imidazole rings is 1. The van der Waals surface area contributed by atoms with Gasteiger partial charge in [-0.05, 0) is 48.9 Å². The number of carbonyl (C=O) groups excluding carboxylic acids is 1. The number of urea groups is 1. The largest absolute Gasteiger partial charge is 0.391 e. The van der Waals surface area contributed by atoms with Crippen molar-refractivity contribution in [3.8, 4) is 11.4 Å². The van der Waals surface area contributed by atoms with E-state index in [1.807, 2.05) is 36.5 Å². The van der Waals surface area contributed by atoms with E-state index >= 15 is 0 Å². The van der Waals surface area contributed by atoms with Crippen molar-refractivity contribution in [2.45, 2.75) is 25.0 Å². The fourth-order valence-corrected chi connectivity index (χ4v) is 5.00. The molecule has 2 fully saturated rings. The first-order valence-electron chi connectivity index (χ1n) is 10.7. The molecule has 2 N–H and O–H groups in total. The van der Waals surface area contributed by atoms with Gasteiger partial charge in [0.2, 0.25) is 0 Å². The Labute approximate surface area is 180 Å². The summed E-state index contributed by atoms with van der Waals surface area (Å²) in [5, 5.41) is 13.8. The lowest BCUT2D eigenvalue weighted by Gasteiger charge is -2.36. The highest BCUT2D eigenvalue weighted by Gasteiger charge is 2.44. The minimum atomic E-state index is -0.488. The molecule has 160 valence electrons. The standard InChI is InChI=1S/C24H25FN4O2/c25-19-6-8-20(9-7-19)27-24(31)28-14-17-12-21(22(30)13-18(17)15-28)29-11-10-26-23(29)16-4-2-1-3-5-16/h1-11,17-18,21-22,30H,12-15H2,(H,27,31)/t17-,18+,21-,22-/m0/s1. The maximum absolute atomic E-state index is 13.1. The summed E-state index contributed by atoms with van der Waals surface area (Å²) in [5.74, 6) is 1.11. The Bertz CT molecular complexity index is 1050. The SMILES string of the molecule is O=C(Nc1ccc(F)cc1)N1C[C@H]2C[C@H](O)[C@@H](n3ccnc3-c3ccccc3)C[C@H]2C1. The van der Waals surface area contributed by atoms with Crippen LogP contribution >= 0.6 is 0 Å². The maximum atomic E-state index is 13.1. The summed E-state index contributed by atoms with van der Waals surface area (Å²) in [6.07, 6.45) is 4.67. The van der Waals surface area contributed by atoms with Crippen LogP contribution < -0.4 is 5.32 Å². The van der Waals surface area contributed by atoms with Gasteiger partial charge in [-0.2, -0.15) is 0 Å². The number of halogens is 1. The molecule has 1 aromatic heterocycles. The number of rotatable bonds is 3. The molecule has 0 radical (unpaired) electrons. The van der Waals surface area contributed by atoms with Crippen molar-refractivity contribution in [3.63, 3.8) is 0 Å². The van der Waals surface area contributed by atoms with Crippen molar-refractivity contribution < 1.29 is 14.3 Å². The summed E-state index contributed by atoms with van der Waals surface area (Å²) in [5.41, 5.74) is 1.60. The minimum Gasteiger partial charge on any atom is -0.391 e. The van der Waals surface area contributed by atoms with Crippen molar-refractivity contribution in [2.75, 3.05) is 18.4 Å². The molecule has 31 heavy (non-hydrogen) atoms. The van der Waals surface area contributed by atoms with Crippen LogP contribution in [0.15, 0.2) is 67.0 Å². The number of benzene rings is 2. The van der Waals surface area contributed by atoms with E-state index in [0.717, 1.165) is 17.8 Å². The second-order valence-corrected chi connectivity index (χ2v) is 8.49. The highest BCUT2D eigenvalue weighted by Crippen LogP contribution is 2.42. The third-order valence-electron chi connectivity index (χ3n) is 6.55. The molecule has 3 aromatic rings. The molecule has 1 saturated carbocycles. The molecule has 6 nitrogen and oxygen atoms in total. The van der Waals surface area contributed by atoms with E-state index in [1.54, 1.807) is 23.2 Å². The number of nitrogens with zero attached hydrogens (tertiary/aromatic N) is 3. The number of fused-ring (bicyclic) bond motifs is 1. The molecule has 2 heterocycles. The third-order valence-corrected chi connectivity index (χ3v) is 6.55. The Morgan fingerprint density at radius 3 is 2.48 bits per heavy atom. The number of likely N-dealkylation sites (tertiary alicyclic amines) is 1. The zero-order valence-corrected chi connectivity index (χ0v) is 17.1. The van der Waals surface area contributed by atoms with Gasteiger partial charge < -0.3 is 19.9 Å². The van der Waals surface area contributed by atoms with E-state index in [-0.39, 0.29) is 23.8 Å². The molecule has 7 heteroatoms. The Morgan fingerprint density at radius 1 is 1.03 bits per heavy atom. The molecule has 0 unspecified atom stereocenters. The lowest BCUT2D eigenvalue weighted by Crippen LogP contribution is -2.36. The van der Waals surface area contributed by atoms with Crippen molar-refractivity contribution >= 4 is 11.7 Å². The quantitative estimate of drug-likeness (QED) is 0.668. The summed E-state index contributed by atoms with van der Waals surface area (Å²) in [6.45, 7) is 1.27. The van der Waals surface area contributed by atoms with Crippen LogP contribution in [0, 0.1) is 17.7 Å². The van der Waals surface area contributed by atoms with E-state index in [0.29, 0.717) is 31.1 Å². The Morgan fingerprint density at radius 2 is 1.74 bits per heavy atom. The van der Waals surface area contributed by atoms with Crippen LogP contribution in [0.4, 0.5) is 14.9 Å². The van der Waals surface area contributed by atoms with Gasteiger partial charge in [0.25, 0.3) is 0 Å². The topological polar surface area (TPSA) is 70.4 Å². The van der Waals surface area contributed by atoms with Gasteiger partial charge in [0, 0.05) is 36.7 Å². The van der Waals surface area contributed by atoms with Crippen molar-refractivity contribution in [1.29, 1.82) is 0 Å². The van der Waals surface area contributed by atoms with Gasteiger partial charge in [0.1, 0.15) is 11.6 Å². The van der Waals surface area contributed by atoms with Crippen LogP contribution in [0.1, 0.15) is 18.9 Å². The van der Waals surface area contributed by atoms with Crippen molar-refractivity contribution in [3.05, 3.63) is 72.8 Å². The van der Waals surface area contributed by atoms with Gasteiger partial charge >= 0.3 is 6.03 Å². The normalized spacial score (nSPS) is 25.3. The van der Waals surface area contributed by atoms with Gasteiger partial charge in [-0.25, -0.2) is 14.2 Å². The first-order chi connectivity index (χ1) is 15.1. The van der Waals surface area contributed by atoms with Gasteiger partial charge in [-0.3, -0.25) is 0 Å². The molecule has 0 spiro atoms. The number of hydrogen-bond acceptors (Lipinski definition) is 3. The number of amides is 2. The fraction of sp³-hybridized carbons (Fsp3) is 0.333. The van der Waals surface area contributed by atoms with E-state index in [2.05, 4.69) is 14.9 Å². The second-order valence-electron chi connectivity index (χ2n) is 8.49. The van der Waals surface area contributed by atoms with Gasteiger partial charge in [-0.15, -0.1) is 0 Å². The summed E-state index contributed by atoms with van der Waals surface area (Å²) >= 11 is 0. The molecule has 4 atom stereocenters. The van der Waals surface area contributed by atoms with Gasteiger partial charge in [-0.1, -0.05) is 30.3 Å². The molecule has 1 aliphatic heterocycles. The summed E-state index contributed by atoms with van der Waals surface area (Å²) in [4.78, 5) is 19.1. The lowest BCUT2D eigenvalue weighted by molar-refractivity contribution is 0.0365. The number of aliphatic hydroxyl groups is 1. The van der Waals surface area contributed by atoms with Gasteiger partial charge in [0.05, 0.1) is 12.1 Å². The fourth-order valence-electron chi connectivity index (χ4n) is 5.00. The number of carbonyl (C=O) groups is 1. The van der Waals surface area contributed by atoms with Crippen LogP contribution in [-0.2, 0) is 0 Å². The first-order valence-corrected chi connectivity index (χ1v) is 10.7. The third kappa shape index (κ3) is 3.93.